The second kappa shape index (κ2) is 7.81. The lowest BCUT2D eigenvalue weighted by atomic mass is 10.2. The van der Waals surface area contributed by atoms with Gasteiger partial charge in [0.05, 0.1) is 6.54 Å². The van der Waals surface area contributed by atoms with Gasteiger partial charge in [0, 0.05) is 18.8 Å². The summed E-state index contributed by atoms with van der Waals surface area (Å²) in [6.07, 6.45) is 5.40. The zero-order valence-corrected chi connectivity index (χ0v) is 12.5. The standard InChI is InChI=1S/C16H25N3/c1-6-8-19(7-2)16-10-15(9-14(5)18-16)12-17-11-13(3)4/h1,9-10,13,17H,7-8,11-12H2,2-5H3. The zero-order chi connectivity index (χ0) is 14.3. The van der Waals surface area contributed by atoms with Gasteiger partial charge in [0.25, 0.3) is 0 Å². The van der Waals surface area contributed by atoms with E-state index in [0.717, 1.165) is 31.1 Å². The molecule has 1 aromatic rings. The molecule has 0 radical (unpaired) electrons. The monoisotopic (exact) mass is 259 g/mol. The Morgan fingerprint density at radius 3 is 2.74 bits per heavy atom. The normalized spacial score (nSPS) is 10.5. The van der Waals surface area contributed by atoms with Gasteiger partial charge in [-0.1, -0.05) is 19.8 Å². The number of terminal acetylenes is 1. The second-order valence-corrected chi connectivity index (χ2v) is 5.22. The average Bonchev–Trinajstić information content (AvgIpc) is 2.34. The van der Waals surface area contributed by atoms with Crippen LogP contribution in [-0.4, -0.2) is 24.6 Å². The molecule has 0 unspecified atom stereocenters. The van der Waals surface area contributed by atoms with Gasteiger partial charge in [-0.3, -0.25) is 0 Å². The first-order valence-electron chi connectivity index (χ1n) is 6.93. The lowest BCUT2D eigenvalue weighted by Gasteiger charge is -2.20. The predicted octanol–water partition coefficient (Wildman–Crippen LogP) is 2.60. The first kappa shape index (κ1) is 15.5. The fourth-order valence-corrected chi connectivity index (χ4v) is 1.96. The minimum absolute atomic E-state index is 0.603. The summed E-state index contributed by atoms with van der Waals surface area (Å²) in [6, 6.07) is 4.25. The van der Waals surface area contributed by atoms with Gasteiger partial charge in [0.2, 0.25) is 0 Å². The number of anilines is 1. The van der Waals surface area contributed by atoms with Crippen LogP contribution in [0.4, 0.5) is 5.82 Å². The van der Waals surface area contributed by atoms with Crippen molar-refractivity contribution in [2.75, 3.05) is 24.5 Å². The van der Waals surface area contributed by atoms with E-state index in [1.54, 1.807) is 0 Å². The van der Waals surface area contributed by atoms with Crippen LogP contribution >= 0.6 is 0 Å². The maximum atomic E-state index is 5.40. The molecule has 0 aliphatic rings. The van der Waals surface area contributed by atoms with E-state index in [2.05, 4.69) is 54.0 Å². The van der Waals surface area contributed by atoms with Crippen molar-refractivity contribution in [1.29, 1.82) is 0 Å². The third-order valence-electron chi connectivity index (χ3n) is 2.87. The highest BCUT2D eigenvalue weighted by Gasteiger charge is 2.07. The third kappa shape index (κ3) is 5.32. The van der Waals surface area contributed by atoms with Crippen molar-refractivity contribution in [2.24, 2.45) is 5.92 Å². The van der Waals surface area contributed by atoms with Crippen LogP contribution in [0.3, 0.4) is 0 Å². The zero-order valence-electron chi connectivity index (χ0n) is 12.5. The largest absolute Gasteiger partial charge is 0.346 e. The third-order valence-corrected chi connectivity index (χ3v) is 2.87. The van der Waals surface area contributed by atoms with Crippen molar-refractivity contribution in [1.82, 2.24) is 10.3 Å². The van der Waals surface area contributed by atoms with Crippen LogP contribution < -0.4 is 10.2 Å². The SMILES string of the molecule is C#CCN(CC)c1cc(CNCC(C)C)cc(C)n1. The highest BCUT2D eigenvalue weighted by Crippen LogP contribution is 2.14. The molecule has 0 atom stereocenters. The van der Waals surface area contributed by atoms with Crippen LogP contribution in [0.1, 0.15) is 32.0 Å². The number of aromatic nitrogens is 1. The quantitative estimate of drug-likeness (QED) is 0.763. The molecule has 3 heteroatoms. The molecule has 104 valence electrons. The molecule has 0 aliphatic carbocycles. The number of pyridine rings is 1. The summed E-state index contributed by atoms with van der Waals surface area (Å²) in [7, 11) is 0. The molecule has 1 heterocycles. The maximum Gasteiger partial charge on any atom is 0.129 e. The van der Waals surface area contributed by atoms with Crippen LogP contribution in [0.25, 0.3) is 0 Å². The Kier molecular flexibility index (Phi) is 6.38. The number of hydrogen-bond acceptors (Lipinski definition) is 3. The Morgan fingerprint density at radius 2 is 2.16 bits per heavy atom. The minimum Gasteiger partial charge on any atom is -0.346 e. The summed E-state index contributed by atoms with van der Waals surface area (Å²) in [5, 5.41) is 3.46. The molecule has 0 spiro atoms. The van der Waals surface area contributed by atoms with Crippen molar-refractivity contribution in [3.63, 3.8) is 0 Å². The summed E-state index contributed by atoms with van der Waals surface area (Å²) in [6.45, 7) is 11.9. The Morgan fingerprint density at radius 1 is 1.42 bits per heavy atom. The molecule has 0 amide bonds. The molecule has 0 saturated heterocycles. The summed E-state index contributed by atoms with van der Waals surface area (Å²) in [5.41, 5.74) is 2.30. The van der Waals surface area contributed by atoms with Gasteiger partial charge in [-0.05, 0) is 44.0 Å². The van der Waals surface area contributed by atoms with E-state index in [-0.39, 0.29) is 0 Å². The van der Waals surface area contributed by atoms with E-state index in [1.165, 1.54) is 5.56 Å². The molecular weight excluding hydrogens is 234 g/mol. The summed E-state index contributed by atoms with van der Waals surface area (Å²) in [5.74, 6) is 4.32. The number of nitrogens with one attached hydrogen (secondary N) is 1. The van der Waals surface area contributed by atoms with E-state index in [0.29, 0.717) is 12.5 Å². The molecule has 1 N–H and O–H groups in total. The van der Waals surface area contributed by atoms with E-state index in [4.69, 9.17) is 6.42 Å². The molecule has 19 heavy (non-hydrogen) atoms. The molecular formula is C16H25N3. The Labute approximate surface area is 117 Å². The van der Waals surface area contributed by atoms with Gasteiger partial charge in [0.1, 0.15) is 5.82 Å². The number of rotatable bonds is 7. The maximum absolute atomic E-state index is 5.40. The van der Waals surface area contributed by atoms with E-state index >= 15 is 0 Å². The van der Waals surface area contributed by atoms with E-state index < -0.39 is 0 Å². The Bertz CT molecular complexity index is 432. The predicted molar refractivity (Wildman–Crippen MR) is 82.2 cm³/mol. The van der Waals surface area contributed by atoms with Gasteiger partial charge in [0.15, 0.2) is 0 Å². The molecule has 3 nitrogen and oxygen atoms in total. The minimum atomic E-state index is 0.603. The van der Waals surface area contributed by atoms with Gasteiger partial charge >= 0.3 is 0 Å². The molecule has 0 fully saturated rings. The summed E-state index contributed by atoms with van der Waals surface area (Å²) >= 11 is 0. The van der Waals surface area contributed by atoms with Crippen molar-refractivity contribution >= 4 is 5.82 Å². The topological polar surface area (TPSA) is 28.2 Å². The molecule has 0 saturated carbocycles. The van der Waals surface area contributed by atoms with Crippen LogP contribution in [0.5, 0.6) is 0 Å². The molecule has 1 aromatic heterocycles. The van der Waals surface area contributed by atoms with E-state index in [9.17, 15) is 0 Å². The fraction of sp³-hybridized carbons (Fsp3) is 0.562. The van der Waals surface area contributed by atoms with Crippen LogP contribution in [-0.2, 0) is 6.54 Å². The Balaban J connectivity index is 2.78. The molecule has 1 rings (SSSR count). The van der Waals surface area contributed by atoms with Crippen molar-refractivity contribution in [2.45, 2.75) is 34.2 Å². The lowest BCUT2D eigenvalue weighted by Crippen LogP contribution is -2.25. The smallest absolute Gasteiger partial charge is 0.129 e. The summed E-state index contributed by atoms with van der Waals surface area (Å²) < 4.78 is 0. The average molecular weight is 259 g/mol. The van der Waals surface area contributed by atoms with Gasteiger partial charge in [-0.2, -0.15) is 0 Å². The van der Waals surface area contributed by atoms with Gasteiger partial charge < -0.3 is 10.2 Å². The highest BCUT2D eigenvalue weighted by atomic mass is 15.2. The first-order valence-corrected chi connectivity index (χ1v) is 6.93. The fourth-order valence-electron chi connectivity index (χ4n) is 1.96. The van der Waals surface area contributed by atoms with Crippen LogP contribution in [0.2, 0.25) is 0 Å². The van der Waals surface area contributed by atoms with Crippen molar-refractivity contribution < 1.29 is 0 Å². The number of hydrogen-bond donors (Lipinski definition) is 1. The van der Waals surface area contributed by atoms with Crippen LogP contribution in [0, 0.1) is 25.2 Å². The molecule has 0 bridgehead atoms. The number of aryl methyl sites for hydroxylation is 1. The highest BCUT2D eigenvalue weighted by molar-refractivity contribution is 5.43. The lowest BCUT2D eigenvalue weighted by molar-refractivity contribution is 0.552. The van der Waals surface area contributed by atoms with E-state index in [1.807, 2.05) is 6.92 Å². The number of nitrogens with zero attached hydrogens (tertiary/aromatic N) is 2. The van der Waals surface area contributed by atoms with Crippen molar-refractivity contribution in [3.8, 4) is 12.3 Å². The van der Waals surface area contributed by atoms with Gasteiger partial charge in [-0.15, -0.1) is 6.42 Å². The van der Waals surface area contributed by atoms with Gasteiger partial charge in [-0.25, -0.2) is 4.98 Å². The van der Waals surface area contributed by atoms with Crippen LogP contribution in [0.15, 0.2) is 12.1 Å². The molecule has 0 aromatic carbocycles. The van der Waals surface area contributed by atoms with Crippen molar-refractivity contribution in [3.05, 3.63) is 23.4 Å². The Hall–Kier alpha value is -1.53. The molecule has 0 aliphatic heterocycles. The second-order valence-electron chi connectivity index (χ2n) is 5.22. The summed E-state index contributed by atoms with van der Waals surface area (Å²) in [4.78, 5) is 6.68. The first-order chi connectivity index (χ1) is 9.06.